The molecule has 0 aliphatic rings. The minimum absolute atomic E-state index is 0.116. The molecule has 0 unspecified atom stereocenters. The van der Waals surface area contributed by atoms with E-state index >= 15 is 0 Å². The first kappa shape index (κ1) is 13.3. The van der Waals surface area contributed by atoms with Gasteiger partial charge in [0.2, 0.25) is 16.9 Å². The summed E-state index contributed by atoms with van der Waals surface area (Å²) in [5.41, 5.74) is -0.336. The van der Waals surface area contributed by atoms with Crippen molar-refractivity contribution in [2.75, 3.05) is 6.61 Å². The summed E-state index contributed by atoms with van der Waals surface area (Å²) in [7, 11) is 0. The van der Waals surface area contributed by atoms with E-state index in [0.29, 0.717) is 24.8 Å². The molecule has 0 saturated heterocycles. The van der Waals surface area contributed by atoms with Crippen molar-refractivity contribution >= 4 is 0 Å². The summed E-state index contributed by atoms with van der Waals surface area (Å²) in [6.07, 6.45) is 2.63. The van der Waals surface area contributed by atoms with Crippen LogP contribution in [0.2, 0.25) is 0 Å². The van der Waals surface area contributed by atoms with Gasteiger partial charge in [0.05, 0.1) is 0 Å². The quantitative estimate of drug-likeness (QED) is 0.572. The van der Waals surface area contributed by atoms with Crippen molar-refractivity contribution in [2.24, 2.45) is 0 Å². The van der Waals surface area contributed by atoms with E-state index in [-0.39, 0.29) is 6.61 Å². The molecule has 0 heterocycles. The lowest BCUT2D eigenvalue weighted by atomic mass is 10.1. The Hall–Kier alpha value is -1.75. The Kier molecular flexibility index (Phi) is 4.78. The molecule has 0 bridgehead atoms. The zero-order chi connectivity index (χ0) is 12.8. The van der Waals surface area contributed by atoms with E-state index in [9.17, 15) is 20.1 Å². The standard InChI is InChI=1S/C12H16O5/c13-7-3-1-2-4-8-5-6-9(14)11(16)12(17)10(8)15/h5-6,13H,1-4,7H2,(H3,14,15,16,17). The van der Waals surface area contributed by atoms with Crippen LogP contribution >= 0.6 is 0 Å². The Morgan fingerprint density at radius 3 is 2.24 bits per heavy atom. The monoisotopic (exact) mass is 240 g/mol. The highest BCUT2D eigenvalue weighted by atomic mass is 16.3. The number of aliphatic hydroxyl groups is 1. The first-order chi connectivity index (χ1) is 8.07. The molecular weight excluding hydrogens is 224 g/mol. The first-order valence-electron chi connectivity index (χ1n) is 5.46. The number of aryl methyl sites for hydroxylation is 1. The van der Waals surface area contributed by atoms with Crippen LogP contribution in [0.5, 0.6) is 17.2 Å². The Morgan fingerprint density at radius 2 is 1.59 bits per heavy atom. The number of rotatable bonds is 5. The first-order valence-corrected chi connectivity index (χ1v) is 5.46. The highest BCUT2D eigenvalue weighted by Gasteiger charge is 2.11. The highest BCUT2D eigenvalue weighted by molar-refractivity contribution is 5.51. The van der Waals surface area contributed by atoms with E-state index in [1.54, 1.807) is 0 Å². The van der Waals surface area contributed by atoms with Crippen molar-refractivity contribution in [3.05, 3.63) is 27.9 Å². The summed E-state index contributed by atoms with van der Waals surface area (Å²) in [5.74, 6) is -2.09. The molecule has 0 fully saturated rings. The summed E-state index contributed by atoms with van der Waals surface area (Å²) in [6.45, 7) is 0.116. The average Bonchev–Trinajstić information content (AvgIpc) is 2.41. The van der Waals surface area contributed by atoms with Crippen LogP contribution < -0.4 is 5.43 Å². The summed E-state index contributed by atoms with van der Waals surface area (Å²) >= 11 is 0. The topological polar surface area (TPSA) is 98.0 Å². The van der Waals surface area contributed by atoms with Crippen LogP contribution in [0, 0.1) is 0 Å². The molecule has 0 radical (unpaired) electrons. The van der Waals surface area contributed by atoms with E-state index in [1.165, 1.54) is 6.07 Å². The molecule has 0 aliphatic carbocycles. The van der Waals surface area contributed by atoms with Crippen LogP contribution in [0.15, 0.2) is 16.9 Å². The normalized spacial score (nSPS) is 10.4. The van der Waals surface area contributed by atoms with Gasteiger partial charge in [-0.05, 0) is 30.9 Å². The molecule has 1 rings (SSSR count). The Bertz CT molecular complexity index is 442. The number of hydrogen-bond donors (Lipinski definition) is 4. The third-order valence-electron chi connectivity index (χ3n) is 2.53. The maximum absolute atomic E-state index is 11.2. The third-order valence-corrected chi connectivity index (χ3v) is 2.53. The largest absolute Gasteiger partial charge is 0.504 e. The van der Waals surface area contributed by atoms with Gasteiger partial charge in [0.1, 0.15) is 0 Å². The summed E-state index contributed by atoms with van der Waals surface area (Å²) < 4.78 is 0. The fraction of sp³-hybridized carbons (Fsp3) is 0.417. The van der Waals surface area contributed by atoms with Crippen molar-refractivity contribution in [1.29, 1.82) is 0 Å². The second kappa shape index (κ2) is 6.10. The summed E-state index contributed by atoms with van der Waals surface area (Å²) in [4.78, 5) is 11.2. The molecule has 5 heteroatoms. The van der Waals surface area contributed by atoms with Crippen LogP contribution in [0.1, 0.15) is 24.8 Å². The van der Waals surface area contributed by atoms with Gasteiger partial charge in [0, 0.05) is 6.61 Å². The fourth-order valence-corrected chi connectivity index (χ4v) is 1.52. The number of unbranched alkanes of at least 4 members (excludes halogenated alkanes) is 2. The molecule has 94 valence electrons. The van der Waals surface area contributed by atoms with Gasteiger partial charge >= 0.3 is 0 Å². The third kappa shape index (κ3) is 3.35. The van der Waals surface area contributed by atoms with Crippen LogP contribution in [-0.4, -0.2) is 27.0 Å². The Labute approximate surface area is 98.6 Å². The number of hydrogen-bond acceptors (Lipinski definition) is 5. The molecule has 0 aromatic heterocycles. The van der Waals surface area contributed by atoms with Gasteiger partial charge in [-0.2, -0.15) is 0 Å². The van der Waals surface area contributed by atoms with Gasteiger partial charge in [-0.15, -0.1) is 0 Å². The molecule has 0 saturated carbocycles. The maximum atomic E-state index is 11.2. The Morgan fingerprint density at radius 1 is 0.882 bits per heavy atom. The van der Waals surface area contributed by atoms with E-state index < -0.39 is 22.7 Å². The maximum Gasteiger partial charge on any atom is 0.224 e. The van der Waals surface area contributed by atoms with Crippen molar-refractivity contribution in [1.82, 2.24) is 0 Å². The average molecular weight is 240 g/mol. The van der Waals surface area contributed by atoms with E-state index in [4.69, 9.17) is 5.11 Å². The smallest absolute Gasteiger partial charge is 0.224 e. The molecule has 0 aliphatic heterocycles. The predicted molar refractivity (Wildman–Crippen MR) is 62.3 cm³/mol. The van der Waals surface area contributed by atoms with Crippen LogP contribution in [0.4, 0.5) is 0 Å². The second-order valence-corrected chi connectivity index (χ2v) is 3.80. The highest BCUT2D eigenvalue weighted by Crippen LogP contribution is 2.33. The lowest BCUT2D eigenvalue weighted by molar-refractivity contribution is 0.283. The van der Waals surface area contributed by atoms with Gasteiger partial charge in [-0.3, -0.25) is 4.79 Å². The minimum atomic E-state index is -0.843. The van der Waals surface area contributed by atoms with Crippen LogP contribution in [0.25, 0.3) is 0 Å². The van der Waals surface area contributed by atoms with Crippen LogP contribution in [0.3, 0.4) is 0 Å². The van der Waals surface area contributed by atoms with Crippen molar-refractivity contribution in [3.8, 4) is 17.2 Å². The summed E-state index contributed by atoms with van der Waals surface area (Å²) in [5, 5.41) is 36.8. The second-order valence-electron chi connectivity index (χ2n) is 3.80. The van der Waals surface area contributed by atoms with E-state index in [2.05, 4.69) is 0 Å². The molecule has 1 aromatic carbocycles. The van der Waals surface area contributed by atoms with E-state index in [1.807, 2.05) is 0 Å². The zero-order valence-electron chi connectivity index (χ0n) is 9.39. The SMILES string of the molecule is O=c1ccc(CCCCCO)c(O)c(O)c1O. The summed E-state index contributed by atoms with van der Waals surface area (Å²) in [6, 6.07) is 2.49. The fourth-order valence-electron chi connectivity index (χ4n) is 1.52. The van der Waals surface area contributed by atoms with Gasteiger partial charge in [0.25, 0.3) is 0 Å². The van der Waals surface area contributed by atoms with Gasteiger partial charge in [-0.1, -0.05) is 12.5 Å². The van der Waals surface area contributed by atoms with E-state index in [0.717, 1.165) is 12.5 Å². The van der Waals surface area contributed by atoms with Gasteiger partial charge in [0.15, 0.2) is 5.75 Å². The molecule has 0 atom stereocenters. The van der Waals surface area contributed by atoms with Crippen molar-refractivity contribution in [2.45, 2.75) is 25.7 Å². The van der Waals surface area contributed by atoms with Crippen LogP contribution in [-0.2, 0) is 6.42 Å². The minimum Gasteiger partial charge on any atom is -0.504 e. The molecule has 17 heavy (non-hydrogen) atoms. The zero-order valence-corrected chi connectivity index (χ0v) is 9.39. The molecular formula is C12H16O5. The Balaban J connectivity index is 2.91. The molecule has 0 amide bonds. The van der Waals surface area contributed by atoms with Crippen molar-refractivity contribution < 1.29 is 20.4 Å². The van der Waals surface area contributed by atoms with Crippen molar-refractivity contribution in [3.63, 3.8) is 0 Å². The van der Waals surface area contributed by atoms with Gasteiger partial charge < -0.3 is 20.4 Å². The molecule has 1 aromatic rings. The number of aliphatic hydroxyl groups excluding tert-OH is 1. The molecule has 4 N–H and O–H groups in total. The number of aromatic hydroxyl groups is 3. The van der Waals surface area contributed by atoms with Gasteiger partial charge in [-0.25, -0.2) is 0 Å². The molecule has 5 nitrogen and oxygen atoms in total. The molecule has 0 spiro atoms. The lowest BCUT2D eigenvalue weighted by Gasteiger charge is -2.02. The predicted octanol–water partition coefficient (Wildman–Crippen LogP) is 0.869. The lowest BCUT2D eigenvalue weighted by Crippen LogP contribution is -1.92.